The lowest BCUT2D eigenvalue weighted by Gasteiger charge is -2.12. The second-order valence-electron chi connectivity index (χ2n) is 10.6. The van der Waals surface area contributed by atoms with Crippen LogP contribution in [0.2, 0.25) is 0 Å². The molecule has 3 N–H and O–H groups in total. The third-order valence-electron chi connectivity index (χ3n) is 7.23. The minimum absolute atomic E-state index is 0.284. The quantitative estimate of drug-likeness (QED) is 0.182. The van der Waals surface area contributed by atoms with Crippen LogP contribution in [0.4, 0.5) is 0 Å². The van der Waals surface area contributed by atoms with Crippen molar-refractivity contribution >= 4 is 22.1 Å². The number of aromatic hydroxyl groups is 1. The lowest BCUT2D eigenvalue weighted by molar-refractivity contribution is 0.280. The van der Waals surface area contributed by atoms with Crippen LogP contribution in [0.3, 0.4) is 0 Å². The van der Waals surface area contributed by atoms with Crippen molar-refractivity contribution in [2.75, 3.05) is 27.2 Å². The summed E-state index contributed by atoms with van der Waals surface area (Å²) in [6.07, 6.45) is 0.993. The lowest BCUT2D eigenvalue weighted by Crippen LogP contribution is -2.15. The Morgan fingerprint density at radius 3 is 1.80 bits per heavy atom. The van der Waals surface area contributed by atoms with Gasteiger partial charge >= 0.3 is 0 Å². The highest BCUT2D eigenvalue weighted by Crippen LogP contribution is 2.31. The van der Waals surface area contributed by atoms with Crippen molar-refractivity contribution in [2.45, 2.75) is 20.3 Å². The van der Waals surface area contributed by atoms with E-state index in [1.54, 1.807) is 6.07 Å². The van der Waals surface area contributed by atoms with Gasteiger partial charge in [-0.1, -0.05) is 12.1 Å². The Bertz CT molecular complexity index is 1830. The molecule has 7 nitrogen and oxygen atoms in total. The molecule has 6 rings (SSSR count). The zero-order valence-electron chi connectivity index (χ0n) is 23.2. The van der Waals surface area contributed by atoms with E-state index in [4.69, 9.17) is 14.7 Å². The highest BCUT2D eigenvalue weighted by atomic mass is 16.5. The van der Waals surface area contributed by atoms with E-state index in [0.29, 0.717) is 6.61 Å². The number of fused-ring (bicyclic) bond motifs is 2. The maximum absolute atomic E-state index is 9.86. The molecule has 40 heavy (non-hydrogen) atoms. The first-order chi connectivity index (χ1) is 19.3. The Morgan fingerprint density at radius 1 is 0.700 bits per heavy atom. The number of phenols is 1. The maximum Gasteiger partial charge on any atom is 0.138 e. The smallest absolute Gasteiger partial charge is 0.138 e. The summed E-state index contributed by atoms with van der Waals surface area (Å²) in [7, 11) is 4.15. The van der Waals surface area contributed by atoms with Crippen LogP contribution in [0, 0.1) is 13.8 Å². The van der Waals surface area contributed by atoms with E-state index in [2.05, 4.69) is 84.4 Å². The number of phenolic OH excluding ortho intramolecular Hbond substituents is 1. The topological polar surface area (TPSA) is 90.1 Å². The van der Waals surface area contributed by atoms with E-state index in [-0.39, 0.29) is 5.75 Å². The molecule has 0 radical (unpaired) electrons. The third kappa shape index (κ3) is 5.16. The van der Waals surface area contributed by atoms with Gasteiger partial charge in [-0.2, -0.15) is 0 Å². The number of hydrogen-bond donors (Lipinski definition) is 3. The molecule has 2 heterocycles. The summed E-state index contributed by atoms with van der Waals surface area (Å²) in [4.78, 5) is 18.8. The molecule has 6 aromatic rings. The highest BCUT2D eigenvalue weighted by molar-refractivity contribution is 5.88. The first kappa shape index (κ1) is 25.6. The van der Waals surface area contributed by atoms with E-state index in [9.17, 15) is 5.11 Å². The van der Waals surface area contributed by atoms with Crippen molar-refractivity contribution in [3.63, 3.8) is 0 Å². The Labute approximate surface area is 233 Å². The predicted octanol–water partition coefficient (Wildman–Crippen LogP) is 7.09. The van der Waals surface area contributed by atoms with Gasteiger partial charge in [-0.05, 0) is 117 Å². The van der Waals surface area contributed by atoms with E-state index in [1.807, 2.05) is 25.1 Å². The zero-order valence-corrected chi connectivity index (χ0v) is 23.2. The predicted molar refractivity (Wildman–Crippen MR) is 162 cm³/mol. The normalized spacial score (nSPS) is 11.6. The van der Waals surface area contributed by atoms with E-state index >= 15 is 0 Å². The highest BCUT2D eigenvalue weighted by Gasteiger charge is 2.12. The van der Waals surface area contributed by atoms with Crippen molar-refractivity contribution in [2.24, 2.45) is 0 Å². The van der Waals surface area contributed by atoms with Crippen molar-refractivity contribution in [1.29, 1.82) is 0 Å². The minimum Gasteiger partial charge on any atom is -0.508 e. The summed E-state index contributed by atoms with van der Waals surface area (Å²) in [5, 5.41) is 9.86. The molecule has 0 unspecified atom stereocenters. The molecule has 0 aliphatic carbocycles. The zero-order chi connectivity index (χ0) is 27.8. The molecule has 202 valence electrons. The van der Waals surface area contributed by atoms with E-state index in [0.717, 1.165) is 85.8 Å². The molecule has 7 heteroatoms. The van der Waals surface area contributed by atoms with Crippen molar-refractivity contribution in [1.82, 2.24) is 24.8 Å². The van der Waals surface area contributed by atoms with Gasteiger partial charge in [0.05, 0.1) is 28.7 Å². The molecule has 0 saturated carbocycles. The van der Waals surface area contributed by atoms with E-state index in [1.165, 1.54) is 0 Å². The second-order valence-corrected chi connectivity index (χ2v) is 10.6. The van der Waals surface area contributed by atoms with Gasteiger partial charge in [0.15, 0.2) is 0 Å². The molecule has 0 saturated heterocycles. The molecular weight excluding hydrogens is 498 g/mol. The van der Waals surface area contributed by atoms with Gasteiger partial charge in [0.1, 0.15) is 23.1 Å². The summed E-state index contributed by atoms with van der Waals surface area (Å²) < 4.78 is 5.99. The summed E-state index contributed by atoms with van der Waals surface area (Å²) in [6, 6.07) is 24.3. The lowest BCUT2D eigenvalue weighted by atomic mass is 10.0. The number of aryl methyl sites for hydroxylation is 2. The van der Waals surface area contributed by atoms with Crippen LogP contribution in [0.1, 0.15) is 17.5 Å². The molecule has 4 aromatic carbocycles. The van der Waals surface area contributed by atoms with E-state index < -0.39 is 0 Å². The molecule has 0 aliphatic rings. The first-order valence-corrected chi connectivity index (χ1v) is 13.5. The fourth-order valence-corrected chi connectivity index (χ4v) is 4.97. The standard InChI is InChI=1S/C33H33N5O2/c1-20-16-24(8-12-30(20)39)32-34-26-10-6-22(18-28(26)36-32)23-7-11-27-29(19-23)37-33(35-27)25-9-13-31(21(2)17-25)40-15-5-14-38(3)4/h6-13,16-19,39H,5,14-15H2,1-4H3,(H,34,36)(H,35,37). The van der Waals surface area contributed by atoms with Crippen LogP contribution in [0.25, 0.3) is 56.0 Å². The largest absolute Gasteiger partial charge is 0.508 e. The summed E-state index contributed by atoms with van der Waals surface area (Å²) in [5.74, 6) is 2.82. The maximum atomic E-state index is 9.86. The summed E-state index contributed by atoms with van der Waals surface area (Å²) >= 11 is 0. The average molecular weight is 532 g/mol. The average Bonchev–Trinajstić information content (AvgIpc) is 3.56. The third-order valence-corrected chi connectivity index (χ3v) is 7.23. The van der Waals surface area contributed by atoms with Crippen LogP contribution in [0.5, 0.6) is 11.5 Å². The van der Waals surface area contributed by atoms with Crippen LogP contribution in [-0.2, 0) is 0 Å². The van der Waals surface area contributed by atoms with Gasteiger partial charge in [0.2, 0.25) is 0 Å². The Balaban J connectivity index is 1.24. The fourth-order valence-electron chi connectivity index (χ4n) is 4.97. The first-order valence-electron chi connectivity index (χ1n) is 13.5. The van der Waals surface area contributed by atoms with Crippen LogP contribution in [0.15, 0.2) is 72.8 Å². The number of benzene rings is 4. The van der Waals surface area contributed by atoms with Crippen LogP contribution in [-0.4, -0.2) is 57.2 Å². The van der Waals surface area contributed by atoms with Gasteiger partial charge in [-0.15, -0.1) is 0 Å². The van der Waals surface area contributed by atoms with Gasteiger partial charge in [0, 0.05) is 17.7 Å². The van der Waals surface area contributed by atoms with Crippen molar-refractivity contribution < 1.29 is 9.84 Å². The molecule has 0 amide bonds. The Morgan fingerprint density at radius 2 is 1.25 bits per heavy atom. The number of ether oxygens (including phenoxy) is 1. The van der Waals surface area contributed by atoms with Gasteiger partial charge in [0.25, 0.3) is 0 Å². The van der Waals surface area contributed by atoms with Gasteiger partial charge in [-0.25, -0.2) is 9.97 Å². The Hall–Kier alpha value is -4.62. The molecule has 0 bridgehead atoms. The number of imidazole rings is 2. The number of aromatic nitrogens is 4. The number of rotatable bonds is 8. The number of hydrogen-bond acceptors (Lipinski definition) is 5. The Kier molecular flexibility index (Phi) is 6.74. The monoisotopic (exact) mass is 531 g/mol. The van der Waals surface area contributed by atoms with Crippen LogP contribution < -0.4 is 4.74 Å². The van der Waals surface area contributed by atoms with Crippen molar-refractivity contribution in [3.8, 4) is 45.4 Å². The molecular formula is C33H33N5O2. The number of H-pyrrole nitrogens is 2. The second kappa shape index (κ2) is 10.5. The number of nitrogens with zero attached hydrogens (tertiary/aromatic N) is 3. The summed E-state index contributed by atoms with van der Waals surface area (Å²) in [5.41, 5.74) is 9.80. The molecule has 2 aromatic heterocycles. The van der Waals surface area contributed by atoms with Gasteiger partial charge in [-0.3, -0.25) is 0 Å². The van der Waals surface area contributed by atoms with Crippen LogP contribution >= 0.6 is 0 Å². The molecule has 0 aliphatic heterocycles. The number of nitrogens with one attached hydrogen (secondary N) is 2. The minimum atomic E-state index is 0.284. The summed E-state index contributed by atoms with van der Waals surface area (Å²) in [6.45, 7) is 5.67. The fraction of sp³-hybridized carbons (Fsp3) is 0.212. The molecule has 0 spiro atoms. The SMILES string of the molecule is Cc1cc(-c2nc3cc(-c4ccc5[nH]c(-c6ccc(OCCCN(C)C)c(C)c6)nc5c4)ccc3[nH]2)ccc1O. The number of aromatic amines is 2. The van der Waals surface area contributed by atoms with Crippen molar-refractivity contribution in [3.05, 3.63) is 83.9 Å². The molecule has 0 atom stereocenters. The molecule has 0 fully saturated rings. The van der Waals surface area contributed by atoms with Gasteiger partial charge < -0.3 is 24.7 Å².